The molecule has 0 saturated carbocycles. The summed E-state index contributed by atoms with van der Waals surface area (Å²) < 4.78 is 0. The van der Waals surface area contributed by atoms with Crippen molar-refractivity contribution in [2.45, 2.75) is 13.0 Å². The Kier molecular flexibility index (Phi) is 1.80. The molecule has 1 aliphatic rings. The Morgan fingerprint density at radius 3 is 3.38 bits per heavy atom. The minimum absolute atomic E-state index is 0.153. The number of nitrogens with one attached hydrogen (secondary N) is 1. The topological polar surface area (TPSA) is 90.5 Å². The van der Waals surface area contributed by atoms with E-state index in [1.807, 2.05) is 6.20 Å². The van der Waals surface area contributed by atoms with Crippen LogP contribution in [-0.4, -0.2) is 32.8 Å². The Hall–Kier alpha value is -1.72. The van der Waals surface area contributed by atoms with Gasteiger partial charge in [-0.25, -0.2) is 0 Å². The Morgan fingerprint density at radius 1 is 1.77 bits per heavy atom. The molecule has 0 amide bonds. The molecule has 0 fully saturated rings. The summed E-state index contributed by atoms with van der Waals surface area (Å²) in [7, 11) is 0. The van der Waals surface area contributed by atoms with Crippen LogP contribution < -0.4 is 5.73 Å². The molecular formula is C7H11N5O. The van der Waals surface area contributed by atoms with Gasteiger partial charge in [0.05, 0.1) is 18.4 Å². The molecular weight excluding hydrogens is 170 g/mol. The number of rotatable bonds is 0. The highest BCUT2D eigenvalue weighted by atomic mass is 16.4. The number of hydrogen-bond donors (Lipinski definition) is 3. The van der Waals surface area contributed by atoms with Crippen molar-refractivity contribution in [1.29, 1.82) is 0 Å². The van der Waals surface area contributed by atoms with Gasteiger partial charge in [-0.05, 0) is 12.0 Å². The van der Waals surface area contributed by atoms with E-state index in [0.29, 0.717) is 6.54 Å². The van der Waals surface area contributed by atoms with Crippen molar-refractivity contribution < 1.29 is 5.21 Å². The number of H-pyrrole nitrogens is 1. The van der Waals surface area contributed by atoms with Crippen LogP contribution in [0.1, 0.15) is 11.3 Å². The number of hydrogen-bond acceptors (Lipinski definition) is 3. The van der Waals surface area contributed by atoms with Crippen LogP contribution in [0, 0.1) is 0 Å². The third kappa shape index (κ3) is 1.30. The highest BCUT2D eigenvalue weighted by Crippen LogP contribution is 2.14. The van der Waals surface area contributed by atoms with Crippen LogP contribution in [0.25, 0.3) is 0 Å². The molecule has 0 aliphatic carbocycles. The van der Waals surface area contributed by atoms with Crippen molar-refractivity contribution >= 4 is 5.96 Å². The van der Waals surface area contributed by atoms with E-state index in [1.54, 1.807) is 4.90 Å². The molecule has 1 aromatic heterocycles. The zero-order chi connectivity index (χ0) is 9.26. The quantitative estimate of drug-likeness (QED) is 0.217. The van der Waals surface area contributed by atoms with Gasteiger partial charge in [-0.2, -0.15) is 5.10 Å². The second kappa shape index (κ2) is 2.96. The fourth-order valence-corrected chi connectivity index (χ4v) is 1.47. The molecule has 70 valence electrons. The Morgan fingerprint density at radius 2 is 2.62 bits per heavy atom. The molecule has 0 unspecified atom stereocenters. The maximum absolute atomic E-state index is 8.48. The summed E-state index contributed by atoms with van der Waals surface area (Å²) in [4.78, 5) is 1.79. The minimum Gasteiger partial charge on any atom is -0.408 e. The number of guanidine groups is 1. The van der Waals surface area contributed by atoms with E-state index in [2.05, 4.69) is 15.4 Å². The van der Waals surface area contributed by atoms with Crippen LogP contribution in [0.3, 0.4) is 0 Å². The standard InChI is InChI=1S/C7H11N5O/c8-7(11-13)12-2-1-5-3-9-10-6(5)4-12/h3,13H,1-2,4H2,(H2,8,11)(H,9,10). The number of aromatic amines is 1. The van der Waals surface area contributed by atoms with Gasteiger partial charge in [0.2, 0.25) is 5.96 Å². The molecule has 6 heteroatoms. The predicted molar refractivity (Wildman–Crippen MR) is 46.1 cm³/mol. The molecule has 2 heterocycles. The number of oxime groups is 1. The predicted octanol–water partition coefficient (Wildman–Crippen LogP) is -0.528. The maximum atomic E-state index is 8.48. The second-order valence-electron chi connectivity index (χ2n) is 3.00. The SMILES string of the molecule is N/C(=N\O)N1CCc2cn[nH]c2C1. The molecule has 0 saturated heterocycles. The Balaban J connectivity index is 2.17. The van der Waals surface area contributed by atoms with Crippen molar-refractivity contribution in [2.24, 2.45) is 10.9 Å². The second-order valence-corrected chi connectivity index (χ2v) is 3.00. The van der Waals surface area contributed by atoms with E-state index in [9.17, 15) is 0 Å². The van der Waals surface area contributed by atoms with Crippen LogP contribution in [-0.2, 0) is 13.0 Å². The maximum Gasteiger partial charge on any atom is 0.233 e. The van der Waals surface area contributed by atoms with Gasteiger partial charge in [0.15, 0.2) is 0 Å². The third-order valence-electron chi connectivity index (χ3n) is 2.23. The molecule has 13 heavy (non-hydrogen) atoms. The lowest BCUT2D eigenvalue weighted by molar-refractivity contribution is 0.292. The van der Waals surface area contributed by atoms with Crippen molar-refractivity contribution in [1.82, 2.24) is 15.1 Å². The van der Waals surface area contributed by atoms with E-state index >= 15 is 0 Å². The molecule has 0 aromatic carbocycles. The van der Waals surface area contributed by atoms with E-state index < -0.39 is 0 Å². The molecule has 6 nitrogen and oxygen atoms in total. The van der Waals surface area contributed by atoms with Gasteiger partial charge in [0.1, 0.15) is 0 Å². The van der Waals surface area contributed by atoms with Crippen molar-refractivity contribution in [3.05, 3.63) is 17.5 Å². The average molecular weight is 181 g/mol. The van der Waals surface area contributed by atoms with Gasteiger partial charge < -0.3 is 15.8 Å². The fraction of sp³-hybridized carbons (Fsp3) is 0.429. The normalized spacial score (nSPS) is 17.2. The van der Waals surface area contributed by atoms with Gasteiger partial charge >= 0.3 is 0 Å². The number of fused-ring (bicyclic) bond motifs is 1. The lowest BCUT2D eigenvalue weighted by Gasteiger charge is -2.26. The van der Waals surface area contributed by atoms with Gasteiger partial charge in [0, 0.05) is 6.54 Å². The van der Waals surface area contributed by atoms with Crippen molar-refractivity contribution in [3.63, 3.8) is 0 Å². The first-order chi connectivity index (χ1) is 6.31. The Labute approximate surface area is 75.0 Å². The lowest BCUT2D eigenvalue weighted by atomic mass is 10.1. The smallest absolute Gasteiger partial charge is 0.233 e. The molecule has 0 atom stereocenters. The molecule has 0 bridgehead atoms. The average Bonchev–Trinajstić information content (AvgIpc) is 2.63. The summed E-state index contributed by atoms with van der Waals surface area (Å²) in [5.74, 6) is 0.153. The first-order valence-electron chi connectivity index (χ1n) is 4.05. The Bertz CT molecular complexity index is 331. The number of nitrogens with zero attached hydrogens (tertiary/aromatic N) is 3. The highest BCUT2D eigenvalue weighted by Gasteiger charge is 2.18. The van der Waals surface area contributed by atoms with Gasteiger partial charge in [-0.3, -0.25) is 5.10 Å². The van der Waals surface area contributed by atoms with Crippen LogP contribution in [0.2, 0.25) is 0 Å². The largest absolute Gasteiger partial charge is 0.408 e. The monoisotopic (exact) mass is 181 g/mol. The molecule has 0 radical (unpaired) electrons. The summed E-state index contributed by atoms with van der Waals surface area (Å²) in [5.41, 5.74) is 7.72. The summed E-state index contributed by atoms with van der Waals surface area (Å²) in [6.45, 7) is 1.40. The molecule has 1 aromatic rings. The number of aromatic nitrogens is 2. The van der Waals surface area contributed by atoms with Crippen LogP contribution in [0.4, 0.5) is 0 Å². The lowest BCUT2D eigenvalue weighted by Crippen LogP contribution is -2.40. The van der Waals surface area contributed by atoms with E-state index in [1.165, 1.54) is 5.56 Å². The van der Waals surface area contributed by atoms with Crippen molar-refractivity contribution in [3.8, 4) is 0 Å². The summed E-state index contributed by atoms with van der Waals surface area (Å²) in [6.07, 6.45) is 2.70. The molecule has 0 spiro atoms. The summed E-state index contributed by atoms with van der Waals surface area (Å²) >= 11 is 0. The van der Waals surface area contributed by atoms with E-state index in [4.69, 9.17) is 10.9 Å². The van der Waals surface area contributed by atoms with Crippen LogP contribution in [0.15, 0.2) is 11.4 Å². The zero-order valence-corrected chi connectivity index (χ0v) is 7.06. The fourth-order valence-electron chi connectivity index (χ4n) is 1.47. The zero-order valence-electron chi connectivity index (χ0n) is 7.06. The number of nitrogens with two attached hydrogens (primary N) is 1. The van der Waals surface area contributed by atoms with Gasteiger partial charge in [-0.1, -0.05) is 5.16 Å². The minimum atomic E-state index is 0.153. The van der Waals surface area contributed by atoms with Gasteiger partial charge in [0.25, 0.3) is 0 Å². The third-order valence-corrected chi connectivity index (χ3v) is 2.23. The molecule has 1 aliphatic heterocycles. The van der Waals surface area contributed by atoms with Crippen LogP contribution >= 0.6 is 0 Å². The first-order valence-corrected chi connectivity index (χ1v) is 4.05. The summed E-state index contributed by atoms with van der Waals surface area (Å²) in [5, 5.41) is 18.2. The van der Waals surface area contributed by atoms with Gasteiger partial charge in [-0.15, -0.1) is 0 Å². The highest BCUT2D eigenvalue weighted by molar-refractivity contribution is 5.77. The first kappa shape index (κ1) is 7.90. The molecule has 2 rings (SSSR count). The van der Waals surface area contributed by atoms with Crippen LogP contribution in [0.5, 0.6) is 0 Å². The molecule has 4 N–H and O–H groups in total. The van der Waals surface area contributed by atoms with E-state index in [-0.39, 0.29) is 5.96 Å². The summed E-state index contributed by atoms with van der Waals surface area (Å²) in [6, 6.07) is 0. The van der Waals surface area contributed by atoms with Crippen molar-refractivity contribution in [2.75, 3.05) is 6.54 Å². The van der Waals surface area contributed by atoms with E-state index in [0.717, 1.165) is 18.7 Å².